The number of rotatable bonds is 4. The molecule has 14 heavy (non-hydrogen) atoms. The fourth-order valence-electron chi connectivity index (χ4n) is 2.31. The average Bonchev–Trinajstić information content (AvgIpc) is 2.49. The molecule has 0 radical (unpaired) electrons. The van der Waals surface area contributed by atoms with Gasteiger partial charge in [0.2, 0.25) is 0 Å². The number of hydrogen-bond acceptors (Lipinski definition) is 0. The zero-order valence-electron chi connectivity index (χ0n) is 10.3. The summed E-state index contributed by atoms with van der Waals surface area (Å²) >= 11 is 0. The maximum absolute atomic E-state index is 2.52. The summed E-state index contributed by atoms with van der Waals surface area (Å²) in [5.74, 6) is 0.711. The van der Waals surface area contributed by atoms with E-state index in [-0.39, 0.29) is 18.9 Å². The Bertz CT molecular complexity index is 169. The van der Waals surface area contributed by atoms with Crippen LogP contribution in [0.1, 0.15) is 33.6 Å². The number of likely N-dealkylation sites (tertiary alicyclic amines) is 1. The van der Waals surface area contributed by atoms with Crippen LogP contribution in [0.15, 0.2) is 12.2 Å². The molecule has 0 aromatic carbocycles. The van der Waals surface area contributed by atoms with E-state index >= 15 is 0 Å². The van der Waals surface area contributed by atoms with Crippen LogP contribution in [0.5, 0.6) is 0 Å². The average molecular weight is 188 g/mol. The normalized spacial score (nSPS) is 20.3. The van der Waals surface area contributed by atoms with E-state index in [0.29, 0.717) is 5.92 Å². The molecule has 1 saturated heterocycles. The van der Waals surface area contributed by atoms with E-state index in [0.717, 1.165) is 0 Å². The number of quaternary nitrogens is 1. The van der Waals surface area contributed by atoms with Crippen molar-refractivity contribution in [3.63, 3.8) is 0 Å². The molecular formula is C12H23LiN+. The fourth-order valence-corrected chi connectivity index (χ4v) is 2.31. The van der Waals surface area contributed by atoms with E-state index in [4.69, 9.17) is 0 Å². The summed E-state index contributed by atoms with van der Waals surface area (Å²) in [6.45, 7) is 13.1. The third-order valence-electron chi connectivity index (χ3n) is 2.78. The summed E-state index contributed by atoms with van der Waals surface area (Å²) in [5, 5.41) is 0. The first-order valence-corrected chi connectivity index (χ1v) is 5.51. The Morgan fingerprint density at radius 1 is 1.29 bits per heavy atom. The Kier molecular flexibility index (Phi) is 6.86. The molecule has 1 aliphatic rings. The molecule has 0 N–H and O–H groups in total. The zero-order chi connectivity index (χ0) is 9.73. The molecule has 0 spiro atoms. The van der Waals surface area contributed by atoms with E-state index < -0.39 is 0 Å². The summed E-state index contributed by atoms with van der Waals surface area (Å²) in [4.78, 5) is 0. The molecule has 1 heterocycles. The van der Waals surface area contributed by atoms with Gasteiger partial charge < -0.3 is 4.48 Å². The SMILES string of the molecule is C/C=C/C[N+]1([CH-]C(C)C)CCCC1.[Li+]. The molecule has 0 amide bonds. The molecule has 0 aromatic heterocycles. The summed E-state index contributed by atoms with van der Waals surface area (Å²) in [6.07, 6.45) is 7.29. The van der Waals surface area contributed by atoms with Crippen LogP contribution in [-0.2, 0) is 0 Å². The first kappa shape index (κ1) is 14.3. The van der Waals surface area contributed by atoms with Gasteiger partial charge in [-0.3, -0.25) is 0 Å². The van der Waals surface area contributed by atoms with Crippen LogP contribution in [0, 0.1) is 12.5 Å². The molecule has 1 rings (SSSR count). The molecule has 0 bridgehead atoms. The molecule has 0 saturated carbocycles. The van der Waals surface area contributed by atoms with Crippen molar-refractivity contribution in [2.75, 3.05) is 19.6 Å². The van der Waals surface area contributed by atoms with E-state index in [1.807, 2.05) is 0 Å². The number of hydrogen-bond donors (Lipinski definition) is 0. The Labute approximate surface area is 101 Å². The van der Waals surface area contributed by atoms with Crippen LogP contribution in [0.2, 0.25) is 0 Å². The van der Waals surface area contributed by atoms with Crippen molar-refractivity contribution in [1.29, 1.82) is 0 Å². The van der Waals surface area contributed by atoms with E-state index in [2.05, 4.69) is 39.5 Å². The predicted molar refractivity (Wildman–Crippen MR) is 58.0 cm³/mol. The van der Waals surface area contributed by atoms with Gasteiger partial charge in [-0.1, -0.05) is 19.9 Å². The summed E-state index contributed by atoms with van der Waals surface area (Å²) in [6, 6.07) is 0. The molecule has 0 aliphatic carbocycles. The molecule has 2 heteroatoms. The standard InChI is InChI=1S/C12H23N.Li/c1-4-5-8-13(11-12(2)3)9-6-7-10-13;/h4-5,11-12H,6-10H2,1-3H3;/q;+1/b5-4+;. The van der Waals surface area contributed by atoms with Crippen molar-refractivity contribution in [3.8, 4) is 0 Å². The second-order valence-electron chi connectivity index (χ2n) is 4.52. The van der Waals surface area contributed by atoms with Crippen molar-refractivity contribution in [3.05, 3.63) is 18.7 Å². The predicted octanol–water partition coefficient (Wildman–Crippen LogP) is -0.00511. The molecule has 0 aromatic rings. The molecule has 0 unspecified atom stereocenters. The Hall–Kier alpha value is 0.297. The van der Waals surface area contributed by atoms with Crippen LogP contribution >= 0.6 is 0 Å². The van der Waals surface area contributed by atoms with E-state index in [9.17, 15) is 0 Å². The van der Waals surface area contributed by atoms with Crippen molar-refractivity contribution in [2.24, 2.45) is 5.92 Å². The van der Waals surface area contributed by atoms with Gasteiger partial charge in [0.1, 0.15) is 0 Å². The van der Waals surface area contributed by atoms with Gasteiger partial charge >= 0.3 is 18.9 Å². The van der Waals surface area contributed by atoms with Crippen LogP contribution < -0.4 is 18.9 Å². The fraction of sp³-hybridized carbons (Fsp3) is 0.750. The Morgan fingerprint density at radius 3 is 2.29 bits per heavy atom. The second kappa shape index (κ2) is 6.72. The van der Waals surface area contributed by atoms with Gasteiger partial charge in [0.15, 0.2) is 0 Å². The monoisotopic (exact) mass is 188 g/mol. The first-order chi connectivity index (χ1) is 6.18. The molecular weight excluding hydrogens is 165 g/mol. The summed E-state index contributed by atoms with van der Waals surface area (Å²) < 4.78 is 1.22. The second-order valence-corrected chi connectivity index (χ2v) is 4.52. The van der Waals surface area contributed by atoms with Gasteiger partial charge in [0, 0.05) is 0 Å². The van der Waals surface area contributed by atoms with E-state index in [1.165, 1.54) is 37.0 Å². The minimum atomic E-state index is 0. The van der Waals surface area contributed by atoms with Crippen molar-refractivity contribution in [1.82, 2.24) is 0 Å². The van der Waals surface area contributed by atoms with Gasteiger partial charge in [-0.05, 0) is 25.8 Å². The largest absolute Gasteiger partial charge is 1.00 e. The summed E-state index contributed by atoms with van der Waals surface area (Å²) in [7, 11) is 0. The zero-order valence-corrected chi connectivity index (χ0v) is 10.3. The maximum Gasteiger partial charge on any atom is 1.00 e. The first-order valence-electron chi connectivity index (χ1n) is 5.51. The minimum Gasteiger partial charge on any atom is -0.451 e. The number of nitrogens with zero attached hydrogens (tertiary/aromatic N) is 1. The molecule has 0 atom stereocenters. The van der Waals surface area contributed by atoms with Gasteiger partial charge in [0.05, 0.1) is 19.6 Å². The van der Waals surface area contributed by atoms with Crippen LogP contribution in [0.4, 0.5) is 0 Å². The van der Waals surface area contributed by atoms with Crippen molar-refractivity contribution in [2.45, 2.75) is 33.6 Å². The van der Waals surface area contributed by atoms with Crippen LogP contribution in [0.25, 0.3) is 0 Å². The van der Waals surface area contributed by atoms with Crippen molar-refractivity contribution >= 4 is 0 Å². The Balaban J connectivity index is 0.00000169. The molecule has 1 nitrogen and oxygen atoms in total. The molecule has 1 fully saturated rings. The third-order valence-corrected chi connectivity index (χ3v) is 2.78. The number of allylic oxidation sites excluding steroid dienone is 1. The van der Waals surface area contributed by atoms with Crippen molar-refractivity contribution < 1.29 is 23.3 Å². The van der Waals surface area contributed by atoms with Crippen LogP contribution in [-0.4, -0.2) is 24.1 Å². The molecule has 76 valence electrons. The maximum atomic E-state index is 2.52. The van der Waals surface area contributed by atoms with Crippen LogP contribution in [0.3, 0.4) is 0 Å². The van der Waals surface area contributed by atoms with Gasteiger partial charge in [-0.2, -0.15) is 0 Å². The van der Waals surface area contributed by atoms with Gasteiger partial charge in [0.25, 0.3) is 0 Å². The topological polar surface area (TPSA) is 0 Å². The molecule has 1 aliphatic heterocycles. The summed E-state index contributed by atoms with van der Waals surface area (Å²) in [5.41, 5.74) is 0. The minimum absolute atomic E-state index is 0. The van der Waals surface area contributed by atoms with Gasteiger partial charge in [-0.15, -0.1) is 12.5 Å². The Morgan fingerprint density at radius 2 is 1.86 bits per heavy atom. The smallest absolute Gasteiger partial charge is 0.451 e. The quantitative estimate of drug-likeness (QED) is 0.252. The van der Waals surface area contributed by atoms with Gasteiger partial charge in [-0.25, -0.2) is 0 Å². The van der Waals surface area contributed by atoms with E-state index in [1.54, 1.807) is 0 Å². The third kappa shape index (κ3) is 4.21.